The molecule has 2 amide bonds. The number of hydrazine groups is 1. The number of esters is 1. The van der Waals surface area contributed by atoms with Crippen LogP contribution >= 0.6 is 0 Å². The molecule has 1 fully saturated rings. The van der Waals surface area contributed by atoms with Gasteiger partial charge in [0.15, 0.2) is 6.04 Å². The van der Waals surface area contributed by atoms with E-state index in [0.717, 1.165) is 10.6 Å². The number of hydrogen-bond donors (Lipinski definition) is 1. The van der Waals surface area contributed by atoms with E-state index in [2.05, 4.69) is 5.43 Å². The van der Waals surface area contributed by atoms with Crippen LogP contribution in [0.1, 0.15) is 35.2 Å². The van der Waals surface area contributed by atoms with Crippen LogP contribution in [0.4, 0.5) is 0 Å². The van der Waals surface area contributed by atoms with Crippen molar-refractivity contribution >= 4 is 17.8 Å². The minimum Gasteiger partial charge on any atom is -0.464 e. The smallest absolute Gasteiger partial charge is 0.331 e. The Morgan fingerprint density at radius 2 is 1.69 bits per heavy atom. The molecule has 0 spiro atoms. The van der Waals surface area contributed by atoms with Crippen molar-refractivity contribution in [3.63, 3.8) is 0 Å². The van der Waals surface area contributed by atoms with Crippen LogP contribution in [0.2, 0.25) is 0 Å². The summed E-state index contributed by atoms with van der Waals surface area (Å²) in [7, 11) is 0. The second-order valence-electron chi connectivity index (χ2n) is 5.99. The molecule has 0 bridgehead atoms. The molecule has 1 aliphatic heterocycles. The van der Waals surface area contributed by atoms with Crippen LogP contribution in [-0.4, -0.2) is 35.4 Å². The topological polar surface area (TPSA) is 75.7 Å². The van der Waals surface area contributed by atoms with Crippen LogP contribution in [0.3, 0.4) is 0 Å². The molecule has 2 atom stereocenters. The highest BCUT2D eigenvalue weighted by Crippen LogP contribution is 2.34. The number of carbonyl (C=O) groups is 3. The molecule has 6 heteroatoms. The average Bonchev–Trinajstić information content (AvgIpc) is 3.00. The first-order valence-corrected chi connectivity index (χ1v) is 8.51. The monoisotopic (exact) mass is 352 g/mol. The third kappa shape index (κ3) is 3.59. The summed E-state index contributed by atoms with van der Waals surface area (Å²) in [6, 6.07) is 17.0. The van der Waals surface area contributed by atoms with Crippen molar-refractivity contribution < 1.29 is 19.1 Å². The summed E-state index contributed by atoms with van der Waals surface area (Å²) >= 11 is 0. The van der Waals surface area contributed by atoms with Gasteiger partial charge in [0, 0.05) is 17.9 Å². The first-order chi connectivity index (χ1) is 12.6. The van der Waals surface area contributed by atoms with Gasteiger partial charge in [-0.2, -0.15) is 0 Å². The standard InChI is InChI=1S/C20H20N2O4/c1-2-26-20(25)18-16(14-9-5-3-6-10-14)13-17(23)22(18)21-19(24)15-11-7-4-8-12-15/h3-12,16,18H,2,13H2,1H3,(H,21,24)/t16-,18+/m0/s1. The summed E-state index contributed by atoms with van der Waals surface area (Å²) in [6.07, 6.45) is 0.128. The quantitative estimate of drug-likeness (QED) is 0.838. The lowest BCUT2D eigenvalue weighted by Gasteiger charge is -2.26. The number of benzene rings is 2. The number of rotatable bonds is 5. The van der Waals surface area contributed by atoms with Crippen molar-refractivity contribution in [1.82, 2.24) is 10.4 Å². The van der Waals surface area contributed by atoms with Crippen LogP contribution in [0.5, 0.6) is 0 Å². The summed E-state index contributed by atoms with van der Waals surface area (Å²) < 4.78 is 5.16. The van der Waals surface area contributed by atoms with Crippen LogP contribution in [0.15, 0.2) is 60.7 Å². The zero-order valence-corrected chi connectivity index (χ0v) is 14.4. The van der Waals surface area contributed by atoms with Gasteiger partial charge in [-0.15, -0.1) is 0 Å². The molecule has 0 aliphatic carbocycles. The number of ether oxygens (including phenoxy) is 1. The molecule has 0 saturated carbocycles. The maximum Gasteiger partial charge on any atom is 0.331 e. The summed E-state index contributed by atoms with van der Waals surface area (Å²) in [5.74, 6) is -1.66. The predicted octanol–water partition coefficient (Wildman–Crippen LogP) is 2.28. The van der Waals surface area contributed by atoms with Gasteiger partial charge in [0.2, 0.25) is 5.91 Å². The molecule has 0 aromatic heterocycles. The fraction of sp³-hybridized carbons (Fsp3) is 0.250. The molecular weight excluding hydrogens is 332 g/mol. The minimum atomic E-state index is -0.891. The first kappa shape index (κ1) is 17.7. The SMILES string of the molecule is CCOC(=O)[C@H]1[C@H](c2ccccc2)CC(=O)N1NC(=O)c1ccccc1. The van der Waals surface area contributed by atoms with Crippen LogP contribution in [0, 0.1) is 0 Å². The normalized spacial score (nSPS) is 19.3. The number of amides is 2. The van der Waals surface area contributed by atoms with Gasteiger partial charge >= 0.3 is 5.97 Å². The Hall–Kier alpha value is -3.15. The van der Waals surface area contributed by atoms with Crippen molar-refractivity contribution in [3.8, 4) is 0 Å². The lowest BCUT2D eigenvalue weighted by molar-refractivity contribution is -0.153. The van der Waals surface area contributed by atoms with E-state index in [1.54, 1.807) is 37.3 Å². The third-order valence-corrected chi connectivity index (χ3v) is 4.34. The molecule has 2 aromatic carbocycles. The Balaban J connectivity index is 1.88. The molecule has 2 aromatic rings. The van der Waals surface area contributed by atoms with Gasteiger partial charge in [0.1, 0.15) is 0 Å². The highest BCUT2D eigenvalue weighted by Gasteiger charge is 2.46. The Bertz CT molecular complexity index is 792. The molecular formula is C20H20N2O4. The molecule has 1 N–H and O–H groups in total. The maximum absolute atomic E-state index is 12.5. The fourth-order valence-electron chi connectivity index (χ4n) is 3.13. The van der Waals surface area contributed by atoms with Gasteiger partial charge in [-0.25, -0.2) is 9.80 Å². The lowest BCUT2D eigenvalue weighted by atomic mass is 9.92. The maximum atomic E-state index is 12.5. The number of nitrogens with one attached hydrogen (secondary N) is 1. The van der Waals surface area contributed by atoms with E-state index >= 15 is 0 Å². The summed E-state index contributed by atoms with van der Waals surface area (Å²) in [5.41, 5.74) is 3.84. The van der Waals surface area contributed by atoms with E-state index < -0.39 is 17.9 Å². The van der Waals surface area contributed by atoms with Crippen LogP contribution < -0.4 is 5.43 Å². The van der Waals surface area contributed by atoms with Crippen molar-refractivity contribution in [2.45, 2.75) is 25.3 Å². The van der Waals surface area contributed by atoms with Crippen molar-refractivity contribution in [2.75, 3.05) is 6.61 Å². The van der Waals surface area contributed by atoms with E-state index in [0.29, 0.717) is 5.56 Å². The molecule has 6 nitrogen and oxygen atoms in total. The molecule has 3 rings (SSSR count). The number of carbonyl (C=O) groups excluding carboxylic acids is 3. The Kier molecular flexibility index (Phi) is 5.31. The molecule has 1 heterocycles. The zero-order valence-electron chi connectivity index (χ0n) is 14.4. The van der Waals surface area contributed by atoms with Gasteiger partial charge in [0.05, 0.1) is 6.61 Å². The highest BCUT2D eigenvalue weighted by molar-refractivity contribution is 5.97. The van der Waals surface area contributed by atoms with Gasteiger partial charge in [0.25, 0.3) is 5.91 Å². The van der Waals surface area contributed by atoms with E-state index in [9.17, 15) is 14.4 Å². The fourth-order valence-corrected chi connectivity index (χ4v) is 3.13. The zero-order chi connectivity index (χ0) is 18.5. The average molecular weight is 352 g/mol. The molecule has 1 saturated heterocycles. The molecule has 26 heavy (non-hydrogen) atoms. The molecule has 134 valence electrons. The van der Waals surface area contributed by atoms with Crippen molar-refractivity contribution in [2.24, 2.45) is 0 Å². The van der Waals surface area contributed by atoms with Crippen molar-refractivity contribution in [1.29, 1.82) is 0 Å². The van der Waals surface area contributed by atoms with E-state index in [1.807, 2.05) is 30.3 Å². The van der Waals surface area contributed by atoms with Crippen LogP contribution in [-0.2, 0) is 14.3 Å². The van der Waals surface area contributed by atoms with Gasteiger partial charge in [-0.1, -0.05) is 48.5 Å². The van der Waals surface area contributed by atoms with E-state index in [-0.39, 0.29) is 24.9 Å². The largest absolute Gasteiger partial charge is 0.464 e. The Morgan fingerprint density at radius 3 is 2.31 bits per heavy atom. The molecule has 0 radical (unpaired) electrons. The second kappa shape index (κ2) is 7.82. The summed E-state index contributed by atoms with van der Waals surface area (Å²) in [5, 5.41) is 1.12. The lowest BCUT2D eigenvalue weighted by Crippen LogP contribution is -2.52. The predicted molar refractivity (Wildman–Crippen MR) is 95.0 cm³/mol. The van der Waals surface area contributed by atoms with Gasteiger partial charge < -0.3 is 4.74 Å². The molecule has 1 aliphatic rings. The first-order valence-electron chi connectivity index (χ1n) is 8.51. The van der Waals surface area contributed by atoms with Gasteiger partial charge in [-0.3, -0.25) is 15.0 Å². The highest BCUT2D eigenvalue weighted by atomic mass is 16.5. The number of nitrogens with zero attached hydrogens (tertiary/aromatic N) is 1. The van der Waals surface area contributed by atoms with Gasteiger partial charge in [-0.05, 0) is 24.6 Å². The summed E-state index contributed by atoms with van der Waals surface area (Å²) in [6.45, 7) is 1.91. The van der Waals surface area contributed by atoms with E-state index in [4.69, 9.17) is 4.74 Å². The third-order valence-electron chi connectivity index (χ3n) is 4.34. The number of hydrogen-bond acceptors (Lipinski definition) is 4. The summed E-state index contributed by atoms with van der Waals surface area (Å²) in [4.78, 5) is 37.5. The Morgan fingerprint density at radius 1 is 1.08 bits per heavy atom. The minimum absolute atomic E-state index is 0.128. The second-order valence-corrected chi connectivity index (χ2v) is 5.99. The van der Waals surface area contributed by atoms with Crippen molar-refractivity contribution in [3.05, 3.63) is 71.8 Å². The van der Waals surface area contributed by atoms with E-state index in [1.165, 1.54) is 0 Å². The van der Waals surface area contributed by atoms with Crippen LogP contribution in [0.25, 0.3) is 0 Å². The molecule has 0 unspecified atom stereocenters. The Labute approximate surface area is 151 Å².